The van der Waals surface area contributed by atoms with E-state index in [1.165, 1.54) is 4.90 Å². The van der Waals surface area contributed by atoms with Crippen LogP contribution in [-0.2, 0) is 27.9 Å². The summed E-state index contributed by atoms with van der Waals surface area (Å²) in [6, 6.07) is 3.50. The maximum atomic E-state index is 14.1. The summed E-state index contributed by atoms with van der Waals surface area (Å²) in [6.07, 6.45) is -11.1. The summed E-state index contributed by atoms with van der Waals surface area (Å²) in [7, 11) is 0.206. The Bertz CT molecular complexity index is 1330. The van der Waals surface area contributed by atoms with Crippen LogP contribution in [0.1, 0.15) is 24.0 Å². The van der Waals surface area contributed by atoms with Crippen molar-refractivity contribution in [3.63, 3.8) is 0 Å². The summed E-state index contributed by atoms with van der Waals surface area (Å²) >= 11 is 0. The minimum absolute atomic E-state index is 0.00242. The Morgan fingerprint density at radius 1 is 1.02 bits per heavy atom. The van der Waals surface area contributed by atoms with E-state index < -0.39 is 63.7 Å². The third-order valence-electron chi connectivity index (χ3n) is 6.81. The summed E-state index contributed by atoms with van der Waals surface area (Å²) in [4.78, 5) is 28.7. The molecule has 8 nitrogen and oxygen atoms in total. The topological polar surface area (TPSA) is 79.4 Å². The molecule has 2 aliphatic rings. The zero-order valence-corrected chi connectivity index (χ0v) is 23.0. The van der Waals surface area contributed by atoms with E-state index in [-0.39, 0.29) is 44.1 Å². The first-order chi connectivity index (χ1) is 19.6. The Morgan fingerprint density at radius 3 is 2.26 bits per heavy atom. The molecule has 16 heteroatoms. The molecule has 3 amide bonds. The number of carbonyl (C=O) groups is 2. The van der Waals surface area contributed by atoms with Gasteiger partial charge in [-0.05, 0) is 49.2 Å². The van der Waals surface area contributed by atoms with Crippen LogP contribution in [0.5, 0.6) is 5.75 Å². The first-order valence-corrected chi connectivity index (χ1v) is 14.2. The standard InChI is InChI=1S/C26H26F7N3O5S/c1-34(18-4-2-17(27)3-5-18)24(38)41-22-20(26(31,32)33)14-16(25(28,29)30)15-21(22)36-9-8-35(23(36)37)10-11-40-19-6-12-42(39)13-7-19/h2-5,14-15,19H,6-13H2,1H3. The van der Waals surface area contributed by atoms with Gasteiger partial charge in [0.15, 0.2) is 5.75 Å². The van der Waals surface area contributed by atoms with Gasteiger partial charge in [0.1, 0.15) is 11.4 Å². The third-order valence-corrected chi connectivity index (χ3v) is 8.20. The predicted octanol–water partition coefficient (Wildman–Crippen LogP) is 5.67. The van der Waals surface area contributed by atoms with Gasteiger partial charge in [-0.25, -0.2) is 14.0 Å². The Kier molecular flexibility index (Phi) is 9.35. The molecule has 0 radical (unpaired) electrons. The van der Waals surface area contributed by atoms with Gasteiger partial charge < -0.3 is 14.4 Å². The van der Waals surface area contributed by atoms with Crippen molar-refractivity contribution in [1.82, 2.24) is 4.90 Å². The lowest BCUT2D eigenvalue weighted by molar-refractivity contribution is -0.143. The highest BCUT2D eigenvalue weighted by molar-refractivity contribution is 7.85. The van der Waals surface area contributed by atoms with Gasteiger partial charge in [0.2, 0.25) is 0 Å². The molecule has 2 aliphatic heterocycles. The van der Waals surface area contributed by atoms with E-state index in [2.05, 4.69) is 0 Å². The van der Waals surface area contributed by atoms with Crippen LogP contribution in [0.2, 0.25) is 0 Å². The second kappa shape index (κ2) is 12.5. The summed E-state index contributed by atoms with van der Waals surface area (Å²) < 4.78 is 119. The number of nitrogens with zero attached hydrogens (tertiary/aromatic N) is 3. The number of urea groups is 1. The maximum absolute atomic E-state index is 14.1. The molecule has 0 atom stereocenters. The molecule has 42 heavy (non-hydrogen) atoms. The van der Waals surface area contributed by atoms with Crippen molar-refractivity contribution >= 4 is 34.3 Å². The van der Waals surface area contributed by atoms with E-state index in [0.29, 0.717) is 35.3 Å². The average Bonchev–Trinajstić information content (AvgIpc) is 3.28. The lowest BCUT2D eigenvalue weighted by Gasteiger charge is -2.26. The Hall–Kier alpha value is -3.40. The fourth-order valence-electron chi connectivity index (χ4n) is 4.50. The second-order valence-corrected chi connectivity index (χ2v) is 11.3. The molecule has 0 saturated carbocycles. The van der Waals surface area contributed by atoms with Crippen molar-refractivity contribution in [3.05, 3.63) is 53.3 Å². The molecular weight excluding hydrogens is 599 g/mol. The zero-order chi connectivity index (χ0) is 30.8. The predicted molar refractivity (Wildman–Crippen MR) is 138 cm³/mol. The number of anilines is 2. The quantitative estimate of drug-likeness (QED) is 0.371. The van der Waals surface area contributed by atoms with Crippen LogP contribution in [0.3, 0.4) is 0 Å². The van der Waals surface area contributed by atoms with Crippen molar-refractivity contribution in [3.8, 4) is 5.75 Å². The fraction of sp³-hybridized carbons (Fsp3) is 0.462. The molecule has 2 saturated heterocycles. The van der Waals surface area contributed by atoms with Crippen LogP contribution in [0.15, 0.2) is 36.4 Å². The van der Waals surface area contributed by atoms with E-state index in [1.54, 1.807) is 0 Å². The molecule has 4 rings (SSSR count). The Balaban J connectivity index is 1.62. The van der Waals surface area contributed by atoms with E-state index >= 15 is 0 Å². The summed E-state index contributed by atoms with van der Waals surface area (Å²) in [5, 5.41) is 0. The van der Waals surface area contributed by atoms with Crippen molar-refractivity contribution in [2.45, 2.75) is 31.3 Å². The van der Waals surface area contributed by atoms with Crippen LogP contribution in [0.25, 0.3) is 0 Å². The smallest absolute Gasteiger partial charge is 0.407 e. The van der Waals surface area contributed by atoms with Crippen molar-refractivity contribution < 1.29 is 54.0 Å². The summed E-state index contributed by atoms with van der Waals surface area (Å²) in [5.41, 5.74) is -4.46. The Labute approximate surface area is 238 Å². The molecule has 0 spiro atoms. The van der Waals surface area contributed by atoms with Crippen LogP contribution in [0, 0.1) is 5.82 Å². The van der Waals surface area contributed by atoms with Gasteiger partial charge in [-0.15, -0.1) is 0 Å². The minimum Gasteiger partial charge on any atom is -0.407 e. The first-order valence-electron chi connectivity index (χ1n) is 12.7. The second-order valence-electron chi connectivity index (χ2n) is 9.61. The third kappa shape index (κ3) is 7.32. The Morgan fingerprint density at radius 2 is 1.67 bits per heavy atom. The molecule has 0 unspecified atom stereocenters. The molecule has 2 aromatic rings. The summed E-state index contributed by atoms with van der Waals surface area (Å²) in [6.45, 7) is -0.282. The number of hydrogen-bond acceptors (Lipinski definition) is 5. The molecule has 0 bridgehead atoms. The molecule has 230 valence electrons. The highest BCUT2D eigenvalue weighted by Gasteiger charge is 2.44. The van der Waals surface area contributed by atoms with Crippen LogP contribution < -0.4 is 14.5 Å². The highest BCUT2D eigenvalue weighted by Crippen LogP contribution is 2.47. The number of carbonyl (C=O) groups excluding carboxylic acids is 2. The number of halogens is 7. The van der Waals surface area contributed by atoms with Crippen LogP contribution in [-0.4, -0.2) is 72.1 Å². The lowest BCUT2D eigenvalue weighted by Crippen LogP contribution is -2.36. The normalized spacial score (nSPS) is 19.8. The maximum Gasteiger partial charge on any atom is 0.420 e. The van der Waals surface area contributed by atoms with Gasteiger partial charge in [0.25, 0.3) is 0 Å². The van der Waals surface area contributed by atoms with Gasteiger partial charge in [0.05, 0.1) is 24.0 Å². The lowest BCUT2D eigenvalue weighted by atomic mass is 10.1. The van der Waals surface area contributed by atoms with E-state index in [9.17, 15) is 44.5 Å². The number of rotatable bonds is 7. The minimum atomic E-state index is -5.40. The van der Waals surface area contributed by atoms with Gasteiger partial charge in [-0.3, -0.25) is 14.0 Å². The molecule has 2 aromatic carbocycles. The van der Waals surface area contributed by atoms with Gasteiger partial charge in [0, 0.05) is 54.7 Å². The van der Waals surface area contributed by atoms with Crippen molar-refractivity contribution in [2.75, 3.05) is 54.6 Å². The van der Waals surface area contributed by atoms with E-state index in [1.807, 2.05) is 0 Å². The largest absolute Gasteiger partial charge is 0.420 e. The van der Waals surface area contributed by atoms with Crippen LogP contribution in [0.4, 0.5) is 51.7 Å². The molecule has 0 aliphatic carbocycles. The van der Waals surface area contributed by atoms with Crippen LogP contribution >= 0.6 is 0 Å². The molecule has 0 N–H and O–H groups in total. The van der Waals surface area contributed by atoms with Gasteiger partial charge in [-0.1, -0.05) is 0 Å². The fourth-order valence-corrected chi connectivity index (χ4v) is 5.76. The number of alkyl halides is 6. The van der Waals surface area contributed by atoms with Crippen molar-refractivity contribution in [1.29, 1.82) is 0 Å². The number of ether oxygens (including phenoxy) is 2. The molecule has 2 heterocycles. The molecular formula is C26H26F7N3O5S. The summed E-state index contributed by atoms with van der Waals surface area (Å²) in [5.74, 6) is -0.967. The van der Waals surface area contributed by atoms with E-state index in [0.717, 1.165) is 36.2 Å². The monoisotopic (exact) mass is 625 g/mol. The highest BCUT2D eigenvalue weighted by atomic mass is 32.2. The van der Waals surface area contributed by atoms with Crippen molar-refractivity contribution in [2.24, 2.45) is 0 Å². The van der Waals surface area contributed by atoms with E-state index in [4.69, 9.17) is 9.47 Å². The SMILES string of the molecule is CN(C(=O)Oc1c(N2CCN(CCOC3CCS(=O)CC3)C2=O)cc(C(F)(F)F)cc1C(F)(F)F)c1ccc(F)cc1. The van der Waals surface area contributed by atoms with Gasteiger partial charge in [-0.2, -0.15) is 26.3 Å². The average molecular weight is 626 g/mol. The number of amides is 3. The molecule has 0 aromatic heterocycles. The zero-order valence-electron chi connectivity index (χ0n) is 22.1. The first kappa shape index (κ1) is 31.5. The number of hydrogen-bond donors (Lipinski definition) is 0. The number of benzene rings is 2. The molecule has 2 fully saturated rings. The van der Waals surface area contributed by atoms with Gasteiger partial charge >= 0.3 is 24.5 Å².